The van der Waals surface area contributed by atoms with E-state index in [2.05, 4.69) is 157 Å². The van der Waals surface area contributed by atoms with Gasteiger partial charge >= 0.3 is 0 Å². The summed E-state index contributed by atoms with van der Waals surface area (Å²) in [6.45, 7) is 0. The van der Waals surface area contributed by atoms with Crippen LogP contribution in [0.15, 0.2) is 152 Å². The van der Waals surface area contributed by atoms with Crippen LogP contribution in [0.4, 0.5) is 17.1 Å². The molecule has 0 saturated carbocycles. The highest BCUT2D eigenvalue weighted by atomic mass is 15.1. The summed E-state index contributed by atoms with van der Waals surface area (Å²) in [5.41, 5.74) is 5.88. The average molecular weight is 496 g/mol. The summed E-state index contributed by atoms with van der Waals surface area (Å²) in [5.74, 6) is 0. The monoisotopic (exact) mass is 495 g/mol. The molecule has 0 N–H and O–H groups in total. The van der Waals surface area contributed by atoms with Crippen LogP contribution in [-0.2, 0) is 0 Å². The van der Waals surface area contributed by atoms with Crippen molar-refractivity contribution in [3.63, 3.8) is 0 Å². The molecule has 0 atom stereocenters. The molecule has 0 aromatic heterocycles. The maximum Gasteiger partial charge on any atom is 0.0474 e. The number of anilines is 3. The van der Waals surface area contributed by atoms with Gasteiger partial charge in [0.25, 0.3) is 0 Å². The predicted octanol–water partition coefficient (Wildman–Crippen LogP) is 10.9. The van der Waals surface area contributed by atoms with E-state index >= 15 is 0 Å². The molecule has 182 valence electrons. The summed E-state index contributed by atoms with van der Waals surface area (Å²) in [4.78, 5) is 2.37. The number of hydrogen-bond donors (Lipinski definition) is 0. The van der Waals surface area contributed by atoms with Gasteiger partial charge < -0.3 is 4.90 Å². The Bertz CT molecular complexity index is 2090. The Kier molecular flexibility index (Phi) is 4.89. The molecular weight excluding hydrogens is 470 g/mol. The van der Waals surface area contributed by atoms with Gasteiger partial charge in [-0.15, -0.1) is 0 Å². The van der Waals surface area contributed by atoms with Crippen molar-refractivity contribution in [1.29, 1.82) is 0 Å². The van der Waals surface area contributed by atoms with E-state index in [1.165, 1.54) is 54.2 Å². The largest absolute Gasteiger partial charge is 0.310 e. The van der Waals surface area contributed by atoms with Crippen LogP contribution in [-0.4, -0.2) is 0 Å². The molecule has 8 aromatic rings. The highest BCUT2D eigenvalue weighted by molar-refractivity contribution is 6.33. The molecular formula is C38H25N. The highest BCUT2D eigenvalue weighted by Crippen LogP contribution is 2.44. The van der Waals surface area contributed by atoms with Gasteiger partial charge in [-0.3, -0.25) is 0 Å². The third-order valence-electron chi connectivity index (χ3n) is 7.95. The minimum Gasteiger partial charge on any atom is -0.310 e. The van der Waals surface area contributed by atoms with E-state index in [0.29, 0.717) is 0 Å². The lowest BCUT2D eigenvalue weighted by Gasteiger charge is -2.27. The first-order chi connectivity index (χ1) is 19.3. The fraction of sp³-hybridized carbons (Fsp3) is 0. The predicted molar refractivity (Wildman–Crippen MR) is 168 cm³/mol. The van der Waals surface area contributed by atoms with Crippen molar-refractivity contribution in [3.8, 4) is 11.1 Å². The Morgan fingerprint density at radius 1 is 0.308 bits per heavy atom. The Morgan fingerprint density at radius 2 is 0.821 bits per heavy atom. The van der Waals surface area contributed by atoms with Crippen LogP contribution in [0.25, 0.3) is 54.2 Å². The second-order valence-electron chi connectivity index (χ2n) is 10.2. The highest BCUT2D eigenvalue weighted by Gasteiger charge is 2.18. The summed E-state index contributed by atoms with van der Waals surface area (Å²) in [6, 6.07) is 55.0. The third-order valence-corrected chi connectivity index (χ3v) is 7.95. The summed E-state index contributed by atoms with van der Waals surface area (Å²) in [7, 11) is 0. The zero-order chi connectivity index (χ0) is 25.8. The van der Waals surface area contributed by atoms with Crippen molar-refractivity contribution in [3.05, 3.63) is 152 Å². The molecule has 0 bridgehead atoms. The van der Waals surface area contributed by atoms with Crippen molar-refractivity contribution >= 4 is 60.2 Å². The SMILES string of the molecule is c1ccc(-c2ccc(N(c3ccccc3)c3cc4cccc5c6cccc7cccc(c(c3)c45)c76)cc2)cc1. The van der Waals surface area contributed by atoms with Crippen molar-refractivity contribution in [2.45, 2.75) is 0 Å². The zero-order valence-electron chi connectivity index (χ0n) is 21.4. The van der Waals surface area contributed by atoms with Gasteiger partial charge in [0.15, 0.2) is 0 Å². The molecule has 8 rings (SSSR count). The molecule has 1 nitrogen and oxygen atoms in total. The van der Waals surface area contributed by atoms with E-state index in [1.807, 2.05) is 0 Å². The summed E-state index contributed by atoms with van der Waals surface area (Å²) in [5, 5.41) is 10.5. The van der Waals surface area contributed by atoms with Crippen LogP contribution in [0, 0.1) is 0 Å². The first kappa shape index (κ1) is 21.9. The fourth-order valence-corrected chi connectivity index (χ4v) is 6.23. The quantitative estimate of drug-likeness (QED) is 0.173. The minimum absolute atomic E-state index is 1.14. The number of hydrogen-bond acceptors (Lipinski definition) is 1. The van der Waals surface area contributed by atoms with E-state index in [1.54, 1.807) is 0 Å². The fourth-order valence-electron chi connectivity index (χ4n) is 6.23. The topological polar surface area (TPSA) is 3.24 Å². The second-order valence-corrected chi connectivity index (χ2v) is 10.2. The van der Waals surface area contributed by atoms with Crippen LogP contribution in [0.3, 0.4) is 0 Å². The Hall–Kier alpha value is -5.14. The molecule has 39 heavy (non-hydrogen) atoms. The summed E-state index contributed by atoms with van der Waals surface area (Å²) >= 11 is 0. The van der Waals surface area contributed by atoms with Crippen LogP contribution in [0.1, 0.15) is 0 Å². The van der Waals surface area contributed by atoms with E-state index < -0.39 is 0 Å². The number of para-hydroxylation sites is 1. The molecule has 0 heterocycles. The molecule has 0 amide bonds. The van der Waals surface area contributed by atoms with Gasteiger partial charge in [0.1, 0.15) is 0 Å². The van der Waals surface area contributed by atoms with Crippen molar-refractivity contribution < 1.29 is 0 Å². The standard InChI is InChI=1S/C38H25N/c1-3-10-26(11-4-1)27-20-22-31(23-21-27)39(30-15-5-2-6-16-30)32-24-29-14-9-18-34-33-17-7-12-28-13-8-19-35(37(28)33)36(25-32)38(29)34/h1-25H. The molecule has 1 heteroatoms. The van der Waals surface area contributed by atoms with E-state index in [-0.39, 0.29) is 0 Å². The first-order valence-electron chi connectivity index (χ1n) is 13.5. The van der Waals surface area contributed by atoms with Crippen LogP contribution in [0.2, 0.25) is 0 Å². The average Bonchev–Trinajstić information content (AvgIpc) is 3.01. The lowest BCUT2D eigenvalue weighted by atomic mass is 9.89. The number of nitrogens with zero attached hydrogens (tertiary/aromatic N) is 1. The maximum atomic E-state index is 2.38. The molecule has 0 aliphatic rings. The second kappa shape index (κ2) is 8.72. The molecule has 0 fully saturated rings. The van der Waals surface area contributed by atoms with E-state index in [4.69, 9.17) is 0 Å². The molecule has 0 radical (unpaired) electrons. The maximum absolute atomic E-state index is 2.38. The summed E-state index contributed by atoms with van der Waals surface area (Å²) < 4.78 is 0. The first-order valence-corrected chi connectivity index (χ1v) is 13.5. The normalized spacial score (nSPS) is 11.6. The minimum atomic E-state index is 1.14. The third kappa shape index (κ3) is 3.48. The number of rotatable bonds is 4. The van der Waals surface area contributed by atoms with Gasteiger partial charge in [0.05, 0.1) is 0 Å². The molecule has 0 aliphatic carbocycles. The van der Waals surface area contributed by atoms with Crippen molar-refractivity contribution in [2.75, 3.05) is 4.90 Å². The summed E-state index contributed by atoms with van der Waals surface area (Å²) in [6.07, 6.45) is 0. The van der Waals surface area contributed by atoms with Gasteiger partial charge in [-0.05, 0) is 90.6 Å². The van der Waals surface area contributed by atoms with E-state index in [9.17, 15) is 0 Å². The Morgan fingerprint density at radius 3 is 1.49 bits per heavy atom. The van der Waals surface area contributed by atoms with Crippen LogP contribution in [0.5, 0.6) is 0 Å². The van der Waals surface area contributed by atoms with Gasteiger partial charge in [0, 0.05) is 17.1 Å². The van der Waals surface area contributed by atoms with Gasteiger partial charge in [-0.2, -0.15) is 0 Å². The Labute approximate surface area is 227 Å². The van der Waals surface area contributed by atoms with Crippen molar-refractivity contribution in [2.24, 2.45) is 0 Å². The van der Waals surface area contributed by atoms with Crippen LogP contribution >= 0.6 is 0 Å². The molecule has 8 aromatic carbocycles. The number of benzene rings is 8. The molecule has 0 saturated heterocycles. The van der Waals surface area contributed by atoms with Gasteiger partial charge in [-0.25, -0.2) is 0 Å². The smallest absolute Gasteiger partial charge is 0.0474 e. The lowest BCUT2D eigenvalue weighted by molar-refractivity contribution is 1.29. The molecule has 0 spiro atoms. The van der Waals surface area contributed by atoms with Gasteiger partial charge in [-0.1, -0.05) is 115 Å². The van der Waals surface area contributed by atoms with Gasteiger partial charge in [0.2, 0.25) is 0 Å². The van der Waals surface area contributed by atoms with Crippen molar-refractivity contribution in [1.82, 2.24) is 0 Å². The Balaban J connectivity index is 1.40. The number of fused-ring (bicyclic) bond motifs is 2. The zero-order valence-corrected chi connectivity index (χ0v) is 21.4. The van der Waals surface area contributed by atoms with E-state index in [0.717, 1.165) is 17.1 Å². The molecule has 0 unspecified atom stereocenters. The van der Waals surface area contributed by atoms with Crippen LogP contribution < -0.4 is 4.90 Å². The molecule has 0 aliphatic heterocycles. The lowest BCUT2D eigenvalue weighted by Crippen LogP contribution is -2.10.